The summed E-state index contributed by atoms with van der Waals surface area (Å²) in [5.41, 5.74) is 2.02. The second-order valence-electron chi connectivity index (χ2n) is 4.62. The van der Waals surface area contributed by atoms with Gasteiger partial charge in [-0.15, -0.1) is 0 Å². The zero-order valence-electron chi connectivity index (χ0n) is 11.3. The molecular formula is C13H15N3O3S2. The topological polar surface area (TPSA) is 87.3 Å². The van der Waals surface area contributed by atoms with E-state index in [1.807, 2.05) is 0 Å². The third-order valence-electron chi connectivity index (χ3n) is 2.70. The van der Waals surface area contributed by atoms with Crippen LogP contribution in [0.3, 0.4) is 0 Å². The highest BCUT2D eigenvalue weighted by Crippen LogP contribution is 2.14. The molecule has 1 aromatic carbocycles. The van der Waals surface area contributed by atoms with Gasteiger partial charge in [-0.2, -0.15) is 0 Å². The SMILES string of the molecule is CC(=O)Nc1ccc(NC(=S)NC2=CCS(=O)(=O)C2)cc1. The Morgan fingerprint density at radius 2 is 1.67 bits per heavy atom. The van der Waals surface area contributed by atoms with Crippen LogP contribution in [-0.2, 0) is 14.6 Å². The smallest absolute Gasteiger partial charge is 0.221 e. The van der Waals surface area contributed by atoms with Crippen LogP contribution in [0.4, 0.5) is 11.4 Å². The molecule has 0 saturated carbocycles. The van der Waals surface area contributed by atoms with Crippen LogP contribution in [0, 0.1) is 0 Å². The van der Waals surface area contributed by atoms with Gasteiger partial charge in [0, 0.05) is 24.0 Å². The molecule has 6 nitrogen and oxygen atoms in total. The summed E-state index contributed by atoms with van der Waals surface area (Å²) < 4.78 is 22.6. The molecule has 0 saturated heterocycles. The standard InChI is InChI=1S/C13H15N3O3S2/c1-9(17)14-10-2-4-11(5-3-10)15-13(20)16-12-6-7-21(18,19)8-12/h2-6H,7-8H2,1H3,(H,14,17)(H2,15,16,20). The van der Waals surface area contributed by atoms with E-state index in [-0.39, 0.29) is 17.4 Å². The highest BCUT2D eigenvalue weighted by atomic mass is 32.2. The van der Waals surface area contributed by atoms with Crippen molar-refractivity contribution in [1.29, 1.82) is 0 Å². The van der Waals surface area contributed by atoms with E-state index in [4.69, 9.17) is 12.2 Å². The van der Waals surface area contributed by atoms with Gasteiger partial charge in [0.2, 0.25) is 5.91 Å². The molecule has 0 aromatic heterocycles. The fourth-order valence-electron chi connectivity index (χ4n) is 1.82. The van der Waals surface area contributed by atoms with Crippen molar-refractivity contribution < 1.29 is 13.2 Å². The molecule has 1 heterocycles. The predicted octanol–water partition coefficient (Wildman–Crippen LogP) is 1.24. The minimum atomic E-state index is -3.01. The maximum absolute atomic E-state index is 11.3. The van der Waals surface area contributed by atoms with Crippen LogP contribution in [0.1, 0.15) is 6.92 Å². The lowest BCUT2D eigenvalue weighted by atomic mass is 10.3. The van der Waals surface area contributed by atoms with Crippen molar-refractivity contribution in [3.05, 3.63) is 36.0 Å². The summed E-state index contributed by atoms with van der Waals surface area (Å²) in [5, 5.41) is 8.80. The predicted molar refractivity (Wildman–Crippen MR) is 86.8 cm³/mol. The molecule has 0 fully saturated rings. The second-order valence-corrected chi connectivity index (χ2v) is 7.14. The van der Waals surface area contributed by atoms with Gasteiger partial charge in [-0.05, 0) is 42.6 Å². The first-order chi connectivity index (χ1) is 9.84. The van der Waals surface area contributed by atoms with Gasteiger partial charge in [-0.25, -0.2) is 8.42 Å². The first-order valence-electron chi connectivity index (χ1n) is 6.19. The van der Waals surface area contributed by atoms with Gasteiger partial charge in [0.05, 0.1) is 11.5 Å². The molecule has 0 aliphatic carbocycles. The van der Waals surface area contributed by atoms with Crippen LogP contribution in [0.25, 0.3) is 0 Å². The third-order valence-corrected chi connectivity index (χ3v) is 4.33. The molecule has 21 heavy (non-hydrogen) atoms. The first-order valence-corrected chi connectivity index (χ1v) is 8.42. The van der Waals surface area contributed by atoms with E-state index < -0.39 is 9.84 Å². The number of sulfone groups is 1. The quantitative estimate of drug-likeness (QED) is 0.725. The van der Waals surface area contributed by atoms with E-state index in [1.54, 1.807) is 30.3 Å². The summed E-state index contributed by atoms with van der Waals surface area (Å²) in [6.45, 7) is 1.44. The monoisotopic (exact) mass is 325 g/mol. The Morgan fingerprint density at radius 1 is 1.10 bits per heavy atom. The van der Waals surface area contributed by atoms with E-state index in [2.05, 4.69) is 16.0 Å². The number of amides is 1. The number of carbonyl (C=O) groups is 1. The summed E-state index contributed by atoms with van der Waals surface area (Å²) >= 11 is 5.12. The van der Waals surface area contributed by atoms with Crippen LogP contribution < -0.4 is 16.0 Å². The summed E-state index contributed by atoms with van der Waals surface area (Å²) in [5.74, 6) is -0.109. The number of carbonyl (C=O) groups excluding carboxylic acids is 1. The number of anilines is 2. The number of thiocarbonyl (C=S) groups is 1. The van der Waals surface area contributed by atoms with E-state index in [9.17, 15) is 13.2 Å². The molecule has 0 unspecified atom stereocenters. The highest BCUT2D eigenvalue weighted by Gasteiger charge is 2.20. The van der Waals surface area contributed by atoms with E-state index >= 15 is 0 Å². The van der Waals surface area contributed by atoms with Crippen molar-refractivity contribution in [2.45, 2.75) is 6.92 Å². The van der Waals surface area contributed by atoms with Gasteiger partial charge < -0.3 is 16.0 Å². The Bertz CT molecular complexity index is 694. The number of hydrogen-bond donors (Lipinski definition) is 3. The molecule has 1 aromatic rings. The van der Waals surface area contributed by atoms with Crippen LogP contribution in [0.15, 0.2) is 36.0 Å². The van der Waals surface area contributed by atoms with Gasteiger partial charge in [0.15, 0.2) is 14.9 Å². The Morgan fingerprint density at radius 3 is 2.14 bits per heavy atom. The molecule has 2 rings (SSSR count). The molecule has 3 N–H and O–H groups in total. The summed E-state index contributed by atoms with van der Waals surface area (Å²) in [6, 6.07) is 7.01. The summed E-state index contributed by atoms with van der Waals surface area (Å²) in [6.07, 6.45) is 1.61. The molecule has 1 aliphatic rings. The Labute approximate surface area is 128 Å². The Hall–Kier alpha value is -1.93. The van der Waals surface area contributed by atoms with Gasteiger partial charge in [0.1, 0.15) is 0 Å². The number of rotatable bonds is 3. The Balaban J connectivity index is 1.90. The van der Waals surface area contributed by atoms with E-state index in [0.29, 0.717) is 16.5 Å². The molecule has 0 spiro atoms. The van der Waals surface area contributed by atoms with Crippen molar-refractivity contribution in [3.8, 4) is 0 Å². The van der Waals surface area contributed by atoms with Crippen molar-refractivity contribution >= 4 is 44.4 Å². The average molecular weight is 325 g/mol. The maximum atomic E-state index is 11.3. The molecular weight excluding hydrogens is 310 g/mol. The second kappa shape index (κ2) is 6.23. The van der Waals surface area contributed by atoms with Crippen LogP contribution in [0.5, 0.6) is 0 Å². The highest BCUT2D eigenvalue weighted by molar-refractivity contribution is 7.92. The molecule has 8 heteroatoms. The fourth-order valence-corrected chi connectivity index (χ4v) is 3.30. The van der Waals surface area contributed by atoms with E-state index in [0.717, 1.165) is 5.69 Å². The van der Waals surface area contributed by atoms with Crippen molar-refractivity contribution in [1.82, 2.24) is 5.32 Å². The van der Waals surface area contributed by atoms with Gasteiger partial charge in [-0.3, -0.25) is 4.79 Å². The zero-order chi connectivity index (χ0) is 15.5. The zero-order valence-corrected chi connectivity index (χ0v) is 13.0. The molecule has 1 aliphatic heterocycles. The number of hydrogen-bond acceptors (Lipinski definition) is 4. The number of benzene rings is 1. The summed E-state index contributed by atoms with van der Waals surface area (Å²) in [7, 11) is -3.01. The molecule has 112 valence electrons. The maximum Gasteiger partial charge on any atom is 0.221 e. The lowest BCUT2D eigenvalue weighted by Gasteiger charge is -2.11. The van der Waals surface area contributed by atoms with Gasteiger partial charge in [0.25, 0.3) is 0 Å². The van der Waals surface area contributed by atoms with Crippen molar-refractivity contribution in [3.63, 3.8) is 0 Å². The fraction of sp³-hybridized carbons (Fsp3) is 0.231. The lowest BCUT2D eigenvalue weighted by Crippen LogP contribution is -2.29. The largest absolute Gasteiger partial charge is 0.335 e. The Kier molecular flexibility index (Phi) is 4.59. The van der Waals surface area contributed by atoms with Crippen LogP contribution >= 0.6 is 12.2 Å². The van der Waals surface area contributed by atoms with E-state index in [1.165, 1.54) is 6.92 Å². The lowest BCUT2D eigenvalue weighted by molar-refractivity contribution is -0.114. The molecule has 1 amide bonds. The molecule has 0 radical (unpaired) electrons. The van der Waals surface area contributed by atoms with Crippen molar-refractivity contribution in [2.24, 2.45) is 0 Å². The average Bonchev–Trinajstić information content (AvgIpc) is 2.70. The first kappa shape index (κ1) is 15.5. The minimum Gasteiger partial charge on any atom is -0.335 e. The van der Waals surface area contributed by atoms with Crippen LogP contribution in [-0.4, -0.2) is 30.9 Å². The van der Waals surface area contributed by atoms with Crippen molar-refractivity contribution in [2.75, 3.05) is 22.1 Å². The van der Waals surface area contributed by atoms with Gasteiger partial charge in [-0.1, -0.05) is 0 Å². The summed E-state index contributed by atoms with van der Waals surface area (Å²) in [4.78, 5) is 10.9. The minimum absolute atomic E-state index is 0.0176. The third kappa shape index (κ3) is 4.83. The van der Waals surface area contributed by atoms with Gasteiger partial charge >= 0.3 is 0 Å². The normalized spacial score (nSPS) is 16.0. The molecule has 0 bridgehead atoms. The molecule has 0 atom stereocenters. The number of nitrogens with one attached hydrogen (secondary N) is 3. The van der Waals surface area contributed by atoms with Crippen LogP contribution in [0.2, 0.25) is 0 Å².